The van der Waals surface area contributed by atoms with Gasteiger partial charge in [0.05, 0.1) is 12.2 Å². The van der Waals surface area contributed by atoms with E-state index in [0.29, 0.717) is 27.9 Å². The quantitative estimate of drug-likeness (QED) is 0.656. The number of hydrogen-bond acceptors (Lipinski definition) is 6. The molecule has 8 heteroatoms. The van der Waals surface area contributed by atoms with Gasteiger partial charge in [0, 0.05) is 28.6 Å². The van der Waals surface area contributed by atoms with E-state index < -0.39 is 17.3 Å². The molecule has 2 aliphatic heterocycles. The maximum Gasteiger partial charge on any atom is 0.341 e. The first kappa shape index (κ1) is 19.7. The first-order valence-electron chi connectivity index (χ1n) is 9.35. The molecule has 1 amide bonds. The minimum atomic E-state index is -1.70. The van der Waals surface area contributed by atoms with E-state index in [0.717, 1.165) is 0 Å². The second-order valence-electron chi connectivity index (χ2n) is 8.19. The van der Waals surface area contributed by atoms with Gasteiger partial charge >= 0.3 is 5.97 Å². The Morgan fingerprint density at radius 3 is 2.72 bits per heavy atom. The number of rotatable bonds is 2. The predicted octanol–water partition coefficient (Wildman–Crippen LogP) is 3.05. The molecule has 0 fully saturated rings. The van der Waals surface area contributed by atoms with Crippen molar-refractivity contribution >= 4 is 39.3 Å². The Labute approximate surface area is 176 Å². The van der Waals surface area contributed by atoms with E-state index in [1.54, 1.807) is 25.1 Å². The number of ether oxygens (including phenoxy) is 2. The van der Waals surface area contributed by atoms with Gasteiger partial charge in [-0.15, -0.1) is 0 Å². The number of allylic oxidation sites excluding steroid dienone is 1. The number of esters is 1. The summed E-state index contributed by atoms with van der Waals surface area (Å²) in [5, 5.41) is 2.81. The monoisotopic (exact) mass is 460 g/mol. The summed E-state index contributed by atoms with van der Waals surface area (Å²) in [6, 6.07) is 5.22. The zero-order valence-electron chi connectivity index (χ0n) is 16.3. The SMILES string of the molecule is CCOC(=O)C1=C(N)OC2=C(C(=O)CC(C)(C)C2)C12C(=O)Nc1ccc(Br)cc12. The summed E-state index contributed by atoms with van der Waals surface area (Å²) in [6.07, 6.45) is 0.646. The molecule has 0 saturated heterocycles. The number of fused-ring (bicyclic) bond motifs is 3. The second-order valence-corrected chi connectivity index (χ2v) is 9.11. The van der Waals surface area contributed by atoms with E-state index in [4.69, 9.17) is 15.2 Å². The highest BCUT2D eigenvalue weighted by Crippen LogP contribution is 2.56. The maximum atomic E-state index is 13.5. The van der Waals surface area contributed by atoms with Crippen LogP contribution in [-0.2, 0) is 29.3 Å². The lowest BCUT2D eigenvalue weighted by molar-refractivity contribution is -0.141. The van der Waals surface area contributed by atoms with Crippen LogP contribution in [0.3, 0.4) is 0 Å². The molecule has 3 aliphatic rings. The Balaban J connectivity index is 2.08. The van der Waals surface area contributed by atoms with E-state index in [1.807, 2.05) is 13.8 Å². The summed E-state index contributed by atoms with van der Waals surface area (Å²) in [6.45, 7) is 5.64. The molecule has 3 N–H and O–H groups in total. The Hall–Kier alpha value is -2.61. The molecule has 29 heavy (non-hydrogen) atoms. The number of benzene rings is 1. The number of anilines is 1. The summed E-state index contributed by atoms with van der Waals surface area (Å²) < 4.78 is 11.7. The van der Waals surface area contributed by atoms with Crippen molar-refractivity contribution in [3.8, 4) is 0 Å². The van der Waals surface area contributed by atoms with Gasteiger partial charge in [-0.05, 0) is 30.5 Å². The van der Waals surface area contributed by atoms with Gasteiger partial charge in [-0.25, -0.2) is 4.79 Å². The molecule has 152 valence electrons. The molecular weight excluding hydrogens is 440 g/mol. The third-order valence-corrected chi connectivity index (χ3v) is 6.01. The van der Waals surface area contributed by atoms with Crippen LogP contribution in [0.15, 0.2) is 45.5 Å². The van der Waals surface area contributed by atoms with Crippen molar-refractivity contribution in [1.82, 2.24) is 0 Å². The van der Waals surface area contributed by atoms with Crippen molar-refractivity contribution in [2.45, 2.75) is 39.0 Å². The van der Waals surface area contributed by atoms with Crippen LogP contribution in [0.25, 0.3) is 0 Å². The number of nitrogens with two attached hydrogens (primary N) is 1. The minimum absolute atomic E-state index is 0.0888. The van der Waals surface area contributed by atoms with Gasteiger partial charge in [-0.2, -0.15) is 0 Å². The Morgan fingerprint density at radius 1 is 1.31 bits per heavy atom. The number of Topliss-reactive ketones (excluding diaryl/α,β-unsaturated/α-hetero) is 1. The first-order valence-corrected chi connectivity index (χ1v) is 10.1. The molecule has 0 radical (unpaired) electrons. The van der Waals surface area contributed by atoms with Crippen molar-refractivity contribution < 1.29 is 23.9 Å². The van der Waals surface area contributed by atoms with Gasteiger partial charge < -0.3 is 20.5 Å². The normalized spacial score (nSPS) is 24.8. The van der Waals surface area contributed by atoms with Gasteiger partial charge in [-0.1, -0.05) is 29.8 Å². The van der Waals surface area contributed by atoms with Gasteiger partial charge in [0.15, 0.2) is 5.78 Å². The summed E-state index contributed by atoms with van der Waals surface area (Å²) in [7, 11) is 0. The van der Waals surface area contributed by atoms with Crippen molar-refractivity contribution in [3.05, 3.63) is 51.0 Å². The Morgan fingerprint density at radius 2 is 2.03 bits per heavy atom. The second kappa shape index (κ2) is 6.45. The molecule has 1 aliphatic carbocycles. The first-order chi connectivity index (χ1) is 13.6. The third kappa shape index (κ3) is 2.73. The van der Waals surface area contributed by atoms with Gasteiger partial charge in [-0.3, -0.25) is 9.59 Å². The zero-order chi connectivity index (χ0) is 21.1. The van der Waals surface area contributed by atoms with Gasteiger partial charge in [0.25, 0.3) is 0 Å². The van der Waals surface area contributed by atoms with E-state index in [-0.39, 0.29) is 41.3 Å². The van der Waals surface area contributed by atoms with Gasteiger partial charge in [0.2, 0.25) is 11.8 Å². The summed E-state index contributed by atoms with van der Waals surface area (Å²) in [4.78, 5) is 39.8. The molecule has 1 aromatic carbocycles. The van der Waals surface area contributed by atoms with Crippen molar-refractivity contribution in [1.29, 1.82) is 0 Å². The number of ketones is 1. The fourth-order valence-electron chi connectivity index (χ4n) is 4.49. The van der Waals surface area contributed by atoms with Crippen molar-refractivity contribution in [2.24, 2.45) is 11.1 Å². The van der Waals surface area contributed by atoms with E-state index >= 15 is 0 Å². The minimum Gasteiger partial charge on any atom is -0.462 e. The number of amides is 1. The van der Waals surface area contributed by atoms with Crippen LogP contribution in [0.2, 0.25) is 0 Å². The smallest absolute Gasteiger partial charge is 0.341 e. The molecule has 0 aromatic heterocycles. The molecule has 4 rings (SSSR count). The van der Waals surface area contributed by atoms with Crippen LogP contribution in [0, 0.1) is 5.41 Å². The lowest BCUT2D eigenvalue weighted by Crippen LogP contribution is -2.50. The molecule has 0 bridgehead atoms. The standard InChI is InChI=1S/C21H21BrN2O5/c1-4-28-18(26)16-17(23)29-14-9-20(2,3)8-13(25)15(14)21(16)11-7-10(22)5-6-12(11)24-19(21)27/h5-7H,4,8-9,23H2,1-3H3,(H,24,27). The summed E-state index contributed by atoms with van der Waals surface area (Å²) >= 11 is 3.42. The number of halogens is 1. The van der Waals surface area contributed by atoms with E-state index in [1.165, 1.54) is 0 Å². The molecule has 1 unspecified atom stereocenters. The topological polar surface area (TPSA) is 108 Å². The Bertz CT molecular complexity index is 1040. The summed E-state index contributed by atoms with van der Waals surface area (Å²) in [5.74, 6) is -1.42. The lowest BCUT2D eigenvalue weighted by Gasteiger charge is -2.42. The molecule has 1 spiro atoms. The van der Waals surface area contributed by atoms with Crippen LogP contribution in [0.5, 0.6) is 0 Å². The van der Waals surface area contributed by atoms with E-state index in [9.17, 15) is 14.4 Å². The van der Waals surface area contributed by atoms with Crippen molar-refractivity contribution in [2.75, 3.05) is 11.9 Å². The fourth-order valence-corrected chi connectivity index (χ4v) is 4.85. The highest BCUT2D eigenvalue weighted by Gasteiger charge is 2.62. The number of carbonyl (C=O) groups is 3. The molecule has 1 aromatic rings. The lowest BCUT2D eigenvalue weighted by atomic mass is 9.62. The number of nitrogens with one attached hydrogen (secondary N) is 1. The van der Waals surface area contributed by atoms with Crippen LogP contribution in [0.4, 0.5) is 5.69 Å². The van der Waals surface area contributed by atoms with Crippen molar-refractivity contribution in [3.63, 3.8) is 0 Å². The highest BCUT2D eigenvalue weighted by molar-refractivity contribution is 9.10. The predicted molar refractivity (Wildman–Crippen MR) is 108 cm³/mol. The molecule has 1 atom stereocenters. The fraction of sp³-hybridized carbons (Fsp3) is 0.381. The van der Waals surface area contributed by atoms with Gasteiger partial charge in [0.1, 0.15) is 16.7 Å². The Kier molecular flexibility index (Phi) is 4.38. The molecule has 0 saturated carbocycles. The molecule has 7 nitrogen and oxygen atoms in total. The third-order valence-electron chi connectivity index (χ3n) is 5.52. The zero-order valence-corrected chi connectivity index (χ0v) is 17.9. The largest absolute Gasteiger partial charge is 0.462 e. The van der Waals surface area contributed by atoms with Crippen LogP contribution in [-0.4, -0.2) is 24.3 Å². The average Bonchev–Trinajstić information content (AvgIpc) is 2.86. The number of carbonyl (C=O) groups excluding carboxylic acids is 3. The average molecular weight is 461 g/mol. The van der Waals surface area contributed by atoms with E-state index in [2.05, 4.69) is 21.2 Å². The molecule has 2 heterocycles. The molecular formula is C21H21BrN2O5. The van der Waals surface area contributed by atoms with Crippen LogP contribution >= 0.6 is 15.9 Å². The number of hydrogen-bond donors (Lipinski definition) is 2. The maximum absolute atomic E-state index is 13.5. The van der Waals surface area contributed by atoms with Crippen LogP contribution in [0.1, 0.15) is 39.2 Å². The summed E-state index contributed by atoms with van der Waals surface area (Å²) in [5.41, 5.74) is 5.14. The highest BCUT2D eigenvalue weighted by atomic mass is 79.9. The van der Waals surface area contributed by atoms with Crippen LogP contribution < -0.4 is 11.1 Å².